The number of hydrogen-bond donors (Lipinski definition) is 2. The van der Waals surface area contributed by atoms with E-state index < -0.39 is 50.5 Å². The molecule has 0 aliphatic rings. The fourth-order valence-corrected chi connectivity index (χ4v) is 3.97. The van der Waals surface area contributed by atoms with E-state index in [1.165, 1.54) is 42.6 Å². The highest BCUT2D eigenvalue weighted by atomic mass is 32.2. The number of nitrogens with zero attached hydrogens (tertiary/aromatic N) is 1. The van der Waals surface area contributed by atoms with Gasteiger partial charge in [-0.3, -0.25) is 4.72 Å². The van der Waals surface area contributed by atoms with Gasteiger partial charge in [-0.05, 0) is 48.4 Å². The molecule has 0 aliphatic heterocycles. The summed E-state index contributed by atoms with van der Waals surface area (Å²) in [4.78, 5) is 16.4. The number of ether oxygens (including phenoxy) is 1. The van der Waals surface area contributed by atoms with Gasteiger partial charge in [0.05, 0.1) is 5.69 Å². The van der Waals surface area contributed by atoms with Crippen LogP contribution < -0.4 is 19.8 Å². The highest BCUT2D eigenvalue weighted by molar-refractivity contribution is 7.90. The van der Waals surface area contributed by atoms with E-state index in [2.05, 4.69) is 4.98 Å². The van der Waals surface area contributed by atoms with Crippen LogP contribution in [0.4, 0.5) is 18.9 Å². The van der Waals surface area contributed by atoms with Crippen LogP contribution in [0.15, 0.2) is 57.9 Å². The first-order chi connectivity index (χ1) is 16.6. The third-order valence-corrected chi connectivity index (χ3v) is 6.28. The molecule has 12 heteroatoms. The first kappa shape index (κ1) is 24.2. The molecule has 0 radical (unpaired) electrons. The molecule has 4 rings (SSSR count). The number of halogens is 3. The Morgan fingerprint density at radius 1 is 1.06 bits per heavy atom. The smallest absolute Gasteiger partial charge is 0.340 e. The Morgan fingerprint density at radius 3 is 2.54 bits per heavy atom. The summed E-state index contributed by atoms with van der Waals surface area (Å²) in [7, 11) is -2.80. The molecular weight excluding hydrogens is 487 g/mol. The second-order valence-corrected chi connectivity index (χ2v) is 9.02. The van der Waals surface area contributed by atoms with E-state index in [0.29, 0.717) is 5.56 Å². The van der Waals surface area contributed by atoms with E-state index in [0.717, 1.165) is 13.1 Å². The third kappa shape index (κ3) is 4.84. The number of pyridine rings is 1. The van der Waals surface area contributed by atoms with Gasteiger partial charge in [0, 0.05) is 30.6 Å². The number of hydrogen-bond acceptors (Lipinski definition) is 6. The van der Waals surface area contributed by atoms with Crippen molar-refractivity contribution in [1.29, 1.82) is 0 Å². The Hall–Kier alpha value is -3.90. The average molecular weight is 505 g/mol. The highest BCUT2D eigenvalue weighted by Gasteiger charge is 2.21. The molecule has 2 heterocycles. The van der Waals surface area contributed by atoms with Gasteiger partial charge in [0.2, 0.25) is 5.82 Å². The Balaban J connectivity index is 1.73. The van der Waals surface area contributed by atoms with Gasteiger partial charge in [-0.15, -0.1) is 0 Å². The van der Waals surface area contributed by atoms with E-state index in [4.69, 9.17) is 9.15 Å². The summed E-state index contributed by atoms with van der Waals surface area (Å²) in [5.41, 5.74) is -1.26. The Morgan fingerprint density at radius 2 is 1.83 bits per heavy atom. The Kier molecular flexibility index (Phi) is 6.50. The van der Waals surface area contributed by atoms with Gasteiger partial charge in [-0.25, -0.2) is 23.3 Å². The molecule has 4 aromatic rings. The predicted molar refractivity (Wildman–Crippen MR) is 122 cm³/mol. The van der Waals surface area contributed by atoms with Gasteiger partial charge < -0.3 is 9.15 Å². The van der Waals surface area contributed by atoms with Gasteiger partial charge in [0.25, 0.3) is 16.1 Å². The monoisotopic (exact) mass is 505 g/mol. The lowest BCUT2D eigenvalue weighted by Gasteiger charge is -2.13. The standard InChI is InChI=1S/C23H18F3N3O5S/c1-12-14-8-9-18(33-22-16(24)6-4-10-28-22)20(26)21(14)34-23(30)15(12)11-13-5-3-7-17(19(13)25)29-35(31,32)27-2/h3-10,27,29H,11H2,1-2H3. The molecule has 182 valence electrons. The maximum atomic E-state index is 15.1. The minimum absolute atomic E-state index is 0.0158. The fraction of sp³-hybridized carbons (Fsp3) is 0.130. The van der Waals surface area contributed by atoms with Crippen molar-refractivity contribution in [3.8, 4) is 11.6 Å². The maximum absolute atomic E-state index is 15.1. The van der Waals surface area contributed by atoms with Crippen LogP contribution in [-0.2, 0) is 16.6 Å². The van der Waals surface area contributed by atoms with Gasteiger partial charge in [-0.2, -0.15) is 12.8 Å². The number of aryl methyl sites for hydroxylation is 1. The Bertz CT molecular complexity index is 1610. The quantitative estimate of drug-likeness (QED) is 0.365. The van der Waals surface area contributed by atoms with Crippen molar-refractivity contribution < 1.29 is 30.7 Å². The lowest BCUT2D eigenvalue weighted by molar-refractivity contribution is 0.395. The second kappa shape index (κ2) is 9.39. The molecule has 2 aromatic heterocycles. The van der Waals surface area contributed by atoms with E-state index in [-0.39, 0.29) is 28.6 Å². The second-order valence-electron chi connectivity index (χ2n) is 7.40. The highest BCUT2D eigenvalue weighted by Crippen LogP contribution is 2.32. The molecule has 35 heavy (non-hydrogen) atoms. The van der Waals surface area contributed by atoms with E-state index in [9.17, 15) is 22.0 Å². The molecule has 8 nitrogen and oxygen atoms in total. The fourth-order valence-electron chi connectivity index (χ4n) is 3.42. The maximum Gasteiger partial charge on any atom is 0.340 e. The minimum Gasteiger partial charge on any atom is -0.433 e. The topological polar surface area (TPSA) is 111 Å². The molecule has 0 saturated heterocycles. The summed E-state index contributed by atoms with van der Waals surface area (Å²) in [6.45, 7) is 1.54. The largest absolute Gasteiger partial charge is 0.433 e. The van der Waals surface area contributed by atoms with Crippen molar-refractivity contribution >= 4 is 26.9 Å². The average Bonchev–Trinajstić information content (AvgIpc) is 2.82. The molecular formula is C23H18F3N3O5S. The van der Waals surface area contributed by atoms with Crippen LogP contribution in [0.25, 0.3) is 11.0 Å². The molecule has 0 atom stereocenters. The van der Waals surface area contributed by atoms with Crippen LogP contribution in [0, 0.1) is 24.4 Å². The first-order valence-electron chi connectivity index (χ1n) is 10.1. The van der Waals surface area contributed by atoms with Crippen LogP contribution >= 0.6 is 0 Å². The van der Waals surface area contributed by atoms with Crippen LogP contribution in [0.3, 0.4) is 0 Å². The lowest BCUT2D eigenvalue weighted by Crippen LogP contribution is -2.27. The summed E-state index contributed by atoms with van der Waals surface area (Å²) in [6.07, 6.45) is 1.02. The third-order valence-electron chi connectivity index (χ3n) is 5.25. The molecule has 2 aromatic carbocycles. The Labute approximate surface area is 197 Å². The summed E-state index contributed by atoms with van der Waals surface area (Å²) in [6, 6.07) is 9.12. The number of aromatic nitrogens is 1. The summed E-state index contributed by atoms with van der Waals surface area (Å²) >= 11 is 0. The molecule has 0 fully saturated rings. The van der Waals surface area contributed by atoms with Crippen LogP contribution in [0.2, 0.25) is 0 Å². The number of benzene rings is 2. The first-order valence-corrected chi connectivity index (χ1v) is 11.6. The van der Waals surface area contributed by atoms with E-state index >= 15 is 4.39 Å². The van der Waals surface area contributed by atoms with Crippen LogP contribution in [-0.4, -0.2) is 20.4 Å². The van der Waals surface area contributed by atoms with Gasteiger partial charge in [-0.1, -0.05) is 12.1 Å². The molecule has 0 spiro atoms. The zero-order valence-electron chi connectivity index (χ0n) is 18.4. The molecule has 0 unspecified atom stereocenters. The molecule has 0 aliphatic carbocycles. The molecule has 2 N–H and O–H groups in total. The molecule has 0 bridgehead atoms. The van der Waals surface area contributed by atoms with Crippen molar-refractivity contribution in [3.05, 3.63) is 93.2 Å². The molecule has 0 saturated carbocycles. The summed E-state index contributed by atoms with van der Waals surface area (Å²) in [5.74, 6) is -3.57. The summed E-state index contributed by atoms with van der Waals surface area (Å²) in [5, 5.41) is 0.221. The summed E-state index contributed by atoms with van der Waals surface area (Å²) < 4.78 is 81.7. The normalized spacial score (nSPS) is 11.6. The van der Waals surface area contributed by atoms with Crippen molar-refractivity contribution in [2.24, 2.45) is 0 Å². The van der Waals surface area contributed by atoms with E-state index in [1.54, 1.807) is 6.92 Å². The van der Waals surface area contributed by atoms with Crippen molar-refractivity contribution in [1.82, 2.24) is 9.71 Å². The SMILES string of the molecule is CNS(=O)(=O)Nc1cccc(Cc2c(C)c3ccc(Oc4ncccc4F)c(F)c3oc2=O)c1F. The van der Waals surface area contributed by atoms with Crippen molar-refractivity contribution in [2.75, 3.05) is 11.8 Å². The van der Waals surface area contributed by atoms with Crippen molar-refractivity contribution in [3.63, 3.8) is 0 Å². The van der Waals surface area contributed by atoms with Crippen LogP contribution in [0.1, 0.15) is 16.7 Å². The number of fused-ring (bicyclic) bond motifs is 1. The number of anilines is 1. The van der Waals surface area contributed by atoms with Crippen LogP contribution in [0.5, 0.6) is 11.6 Å². The van der Waals surface area contributed by atoms with Crippen molar-refractivity contribution in [2.45, 2.75) is 13.3 Å². The zero-order chi connectivity index (χ0) is 25.3. The van der Waals surface area contributed by atoms with Gasteiger partial charge in [0.1, 0.15) is 0 Å². The lowest BCUT2D eigenvalue weighted by atomic mass is 9.99. The number of nitrogens with one attached hydrogen (secondary N) is 2. The predicted octanol–water partition coefficient (Wildman–Crippen LogP) is 4.17. The van der Waals surface area contributed by atoms with Gasteiger partial charge in [0.15, 0.2) is 23.0 Å². The zero-order valence-corrected chi connectivity index (χ0v) is 19.2. The molecule has 0 amide bonds. The van der Waals surface area contributed by atoms with E-state index in [1.807, 2.05) is 9.44 Å². The minimum atomic E-state index is -3.97. The number of rotatable bonds is 7. The van der Waals surface area contributed by atoms with Gasteiger partial charge >= 0.3 is 5.63 Å².